The van der Waals surface area contributed by atoms with Gasteiger partial charge in [-0.1, -0.05) is 11.6 Å². The topological polar surface area (TPSA) is 136 Å². The maximum absolute atomic E-state index is 13.5. The molecule has 0 unspecified atom stereocenters. The summed E-state index contributed by atoms with van der Waals surface area (Å²) in [5.41, 5.74) is 4.85. The van der Waals surface area contributed by atoms with Crippen LogP contribution in [0.1, 0.15) is 5.56 Å². The summed E-state index contributed by atoms with van der Waals surface area (Å²) in [6.45, 7) is 0. The van der Waals surface area contributed by atoms with Gasteiger partial charge in [-0.3, -0.25) is 0 Å². The summed E-state index contributed by atoms with van der Waals surface area (Å²) in [5.74, 6) is -1.83. The highest BCUT2D eigenvalue weighted by Crippen LogP contribution is 2.32. The fourth-order valence-corrected chi connectivity index (χ4v) is 2.97. The molecule has 3 aromatic rings. The summed E-state index contributed by atoms with van der Waals surface area (Å²) in [7, 11) is 1.35. The van der Waals surface area contributed by atoms with Crippen molar-refractivity contribution in [3.63, 3.8) is 0 Å². The Morgan fingerprint density at radius 2 is 2.00 bits per heavy atom. The molecule has 0 atom stereocenters. The number of carboxylic acid groups (broad SMARTS) is 1. The third-order valence-corrected chi connectivity index (χ3v) is 4.80. The van der Waals surface area contributed by atoms with E-state index in [9.17, 15) is 22.4 Å². The molecule has 0 radical (unpaired) electrons. The first-order valence-corrected chi connectivity index (χ1v) is 10.5. The van der Waals surface area contributed by atoms with Gasteiger partial charge in [0.2, 0.25) is 11.8 Å². The molecule has 3 rings (SSSR count). The Hall–Kier alpha value is -4.52. The minimum absolute atomic E-state index is 0.0289. The van der Waals surface area contributed by atoms with Crippen molar-refractivity contribution in [2.75, 3.05) is 12.4 Å². The van der Waals surface area contributed by atoms with Crippen LogP contribution in [0.3, 0.4) is 0 Å². The number of allylic oxidation sites excluding steroid dienone is 2. The van der Waals surface area contributed by atoms with E-state index < -0.39 is 23.7 Å². The molecular weight excluding hydrogens is 520 g/mol. The fraction of sp³-hybridized carbons (Fsp3) is 0.0870. The molecule has 0 fully saturated rings. The van der Waals surface area contributed by atoms with Gasteiger partial charge in [0.15, 0.2) is 5.82 Å². The largest absolute Gasteiger partial charge is 0.481 e. The summed E-state index contributed by atoms with van der Waals surface area (Å²) in [6.07, 6.45) is 1.44. The number of aliphatic carboxylic acids is 1. The van der Waals surface area contributed by atoms with Gasteiger partial charge in [-0.15, -0.1) is 0 Å². The molecule has 0 spiro atoms. The van der Waals surface area contributed by atoms with Crippen molar-refractivity contribution in [3.8, 4) is 17.0 Å². The standard InChI is InChI=1S/C23H17ClF4N6O3/c1-37-21-12(2-5-19(35)36)8-13(10-31-21)15-11-32-22(33-14-3-4-17(25)16(24)9-14)34-20(15)30-7-6-18(29)23(26,27)28/h2-11H,29H2,1H3,(H,35,36)(H,32,33,34)/b5-2+,18-6?,30-7?. The van der Waals surface area contributed by atoms with Gasteiger partial charge in [0.1, 0.15) is 11.5 Å². The van der Waals surface area contributed by atoms with E-state index in [4.69, 9.17) is 27.2 Å². The Labute approximate surface area is 212 Å². The number of halogens is 5. The molecular formula is C23H17ClF4N6O3. The van der Waals surface area contributed by atoms with Crippen LogP contribution in [-0.2, 0) is 4.79 Å². The van der Waals surface area contributed by atoms with Gasteiger partial charge in [0.25, 0.3) is 0 Å². The molecule has 1 aromatic carbocycles. The predicted octanol–water partition coefficient (Wildman–Crippen LogP) is 5.29. The second-order valence-corrected chi connectivity index (χ2v) is 7.48. The average molecular weight is 537 g/mol. The Kier molecular flexibility index (Phi) is 8.40. The van der Waals surface area contributed by atoms with Crippen LogP contribution in [-0.4, -0.2) is 45.5 Å². The van der Waals surface area contributed by atoms with Crippen molar-refractivity contribution in [2.24, 2.45) is 10.7 Å². The van der Waals surface area contributed by atoms with E-state index in [0.29, 0.717) is 22.9 Å². The number of ether oxygens (including phenoxy) is 1. The predicted molar refractivity (Wildman–Crippen MR) is 130 cm³/mol. The number of carboxylic acids is 1. The molecule has 0 amide bonds. The number of anilines is 2. The summed E-state index contributed by atoms with van der Waals surface area (Å²) < 4.78 is 56.8. The van der Waals surface area contributed by atoms with Crippen LogP contribution in [0.4, 0.5) is 35.0 Å². The molecule has 0 bridgehead atoms. The van der Waals surface area contributed by atoms with E-state index in [1.54, 1.807) is 0 Å². The number of nitrogens with two attached hydrogens (primary N) is 1. The molecule has 0 aliphatic heterocycles. The molecule has 4 N–H and O–H groups in total. The lowest BCUT2D eigenvalue weighted by Gasteiger charge is -2.11. The number of pyridine rings is 1. The average Bonchev–Trinajstić information content (AvgIpc) is 2.84. The highest BCUT2D eigenvalue weighted by Gasteiger charge is 2.30. The number of hydrogen-bond donors (Lipinski definition) is 3. The summed E-state index contributed by atoms with van der Waals surface area (Å²) in [5, 5.41) is 11.6. The first kappa shape index (κ1) is 27.1. The normalized spacial score (nSPS) is 12.3. The zero-order valence-corrected chi connectivity index (χ0v) is 19.5. The first-order valence-electron chi connectivity index (χ1n) is 10.1. The van der Waals surface area contributed by atoms with E-state index in [2.05, 4.69) is 25.3 Å². The lowest BCUT2D eigenvalue weighted by molar-refractivity contribution is -0.131. The number of nitrogens with one attached hydrogen (secondary N) is 1. The molecule has 0 aliphatic rings. The Balaban J connectivity index is 2.08. The lowest BCUT2D eigenvalue weighted by Crippen LogP contribution is -2.19. The maximum atomic E-state index is 13.5. The van der Waals surface area contributed by atoms with E-state index in [0.717, 1.165) is 18.4 Å². The minimum atomic E-state index is -4.75. The highest BCUT2D eigenvalue weighted by atomic mass is 35.5. The van der Waals surface area contributed by atoms with E-state index in [1.165, 1.54) is 43.8 Å². The van der Waals surface area contributed by atoms with Crippen molar-refractivity contribution in [1.29, 1.82) is 0 Å². The summed E-state index contributed by atoms with van der Waals surface area (Å²) in [6, 6.07) is 5.30. The SMILES string of the molecule is COc1ncc(-c2cnc(Nc3ccc(F)c(Cl)c3)nc2N=CC=C(N)C(F)(F)F)cc1/C=C/C(=O)O. The van der Waals surface area contributed by atoms with Gasteiger partial charge < -0.3 is 20.9 Å². The van der Waals surface area contributed by atoms with Crippen LogP contribution in [0.15, 0.2) is 59.5 Å². The van der Waals surface area contributed by atoms with Crippen LogP contribution in [0, 0.1) is 5.82 Å². The summed E-state index contributed by atoms with van der Waals surface area (Å²) in [4.78, 5) is 27.4. The van der Waals surface area contributed by atoms with E-state index >= 15 is 0 Å². The van der Waals surface area contributed by atoms with Gasteiger partial charge in [0.05, 0.1) is 12.1 Å². The Morgan fingerprint density at radius 1 is 1.24 bits per heavy atom. The third-order valence-electron chi connectivity index (χ3n) is 4.51. The molecule has 0 saturated carbocycles. The molecule has 2 heterocycles. The van der Waals surface area contributed by atoms with Crippen LogP contribution in [0.2, 0.25) is 5.02 Å². The molecule has 192 valence electrons. The van der Waals surface area contributed by atoms with Crippen molar-refractivity contribution in [1.82, 2.24) is 15.0 Å². The summed E-state index contributed by atoms with van der Waals surface area (Å²) >= 11 is 5.79. The van der Waals surface area contributed by atoms with Gasteiger partial charge in [0, 0.05) is 47.1 Å². The Morgan fingerprint density at radius 3 is 2.65 bits per heavy atom. The number of aliphatic imine (C=N–C) groups is 1. The van der Waals surface area contributed by atoms with Crippen molar-refractivity contribution < 1.29 is 32.2 Å². The number of carbonyl (C=O) groups is 1. The van der Waals surface area contributed by atoms with Crippen molar-refractivity contribution >= 4 is 47.3 Å². The van der Waals surface area contributed by atoms with Gasteiger partial charge >= 0.3 is 12.1 Å². The fourth-order valence-electron chi connectivity index (χ4n) is 2.79. The molecule has 14 heteroatoms. The Bertz CT molecular complexity index is 1410. The number of nitrogens with zero attached hydrogens (tertiary/aromatic N) is 4. The maximum Gasteiger partial charge on any atom is 0.430 e. The van der Waals surface area contributed by atoms with Crippen molar-refractivity contribution in [3.05, 3.63) is 70.9 Å². The second-order valence-electron chi connectivity index (χ2n) is 7.08. The van der Waals surface area contributed by atoms with Crippen molar-refractivity contribution in [2.45, 2.75) is 6.18 Å². The number of rotatable bonds is 8. The first-order chi connectivity index (χ1) is 17.5. The number of benzene rings is 1. The van der Waals surface area contributed by atoms with Crippen LogP contribution >= 0.6 is 11.6 Å². The van der Waals surface area contributed by atoms with E-state index in [1.807, 2.05) is 0 Å². The minimum Gasteiger partial charge on any atom is -0.481 e. The zero-order valence-electron chi connectivity index (χ0n) is 18.8. The van der Waals surface area contributed by atoms with Gasteiger partial charge in [-0.25, -0.2) is 24.1 Å². The quantitative estimate of drug-likeness (QED) is 0.201. The third kappa shape index (κ3) is 7.24. The number of methoxy groups -OCH3 is 1. The van der Waals surface area contributed by atoms with Crippen LogP contribution < -0.4 is 15.8 Å². The second kappa shape index (κ2) is 11.5. The monoisotopic (exact) mass is 536 g/mol. The smallest absolute Gasteiger partial charge is 0.430 e. The van der Waals surface area contributed by atoms with Crippen LogP contribution in [0.25, 0.3) is 17.2 Å². The van der Waals surface area contributed by atoms with Gasteiger partial charge in [-0.2, -0.15) is 18.2 Å². The van der Waals surface area contributed by atoms with Gasteiger partial charge in [-0.05, 0) is 36.4 Å². The number of aromatic nitrogens is 3. The van der Waals surface area contributed by atoms with Crippen LogP contribution in [0.5, 0.6) is 5.88 Å². The highest BCUT2D eigenvalue weighted by molar-refractivity contribution is 6.31. The molecule has 37 heavy (non-hydrogen) atoms. The number of hydrogen-bond acceptors (Lipinski definition) is 8. The molecule has 9 nitrogen and oxygen atoms in total. The molecule has 0 aliphatic carbocycles. The zero-order chi connectivity index (χ0) is 27.2. The van der Waals surface area contributed by atoms with E-state index in [-0.39, 0.29) is 28.2 Å². The number of alkyl halides is 3. The molecule has 0 saturated heterocycles. The lowest BCUT2D eigenvalue weighted by atomic mass is 10.1. The molecule has 2 aromatic heterocycles.